The van der Waals surface area contributed by atoms with Gasteiger partial charge in [0.1, 0.15) is 0 Å². The number of nitrogens with one attached hydrogen (secondary N) is 2. The van der Waals surface area contributed by atoms with Crippen LogP contribution in [0.2, 0.25) is 0 Å². The predicted molar refractivity (Wildman–Crippen MR) is 60.4 cm³/mol. The largest absolute Gasteiger partial charge is 0.465 e. The molecular weight excluding hydrogens is 206 g/mol. The summed E-state index contributed by atoms with van der Waals surface area (Å²) in [6, 6.07) is 3.73. The first-order valence-electron chi connectivity index (χ1n) is 5.30. The smallest absolute Gasteiger partial charge is 0.405 e. The van der Waals surface area contributed by atoms with Crippen molar-refractivity contribution in [1.29, 1.82) is 0 Å². The monoisotopic (exact) mass is 221 g/mol. The Morgan fingerprint density at radius 1 is 1.56 bits per heavy atom. The molecule has 86 valence electrons. The van der Waals surface area contributed by atoms with Crippen LogP contribution in [0.4, 0.5) is 10.5 Å². The van der Waals surface area contributed by atoms with Crippen LogP contribution in [-0.4, -0.2) is 22.2 Å². The predicted octanol–water partition coefficient (Wildman–Crippen LogP) is 1.84. The second kappa shape index (κ2) is 4.00. The molecule has 0 radical (unpaired) electrons. The summed E-state index contributed by atoms with van der Waals surface area (Å²) in [7, 11) is 0. The zero-order valence-electron chi connectivity index (χ0n) is 9.27. The molecule has 3 N–H and O–H groups in total. The van der Waals surface area contributed by atoms with E-state index >= 15 is 0 Å². The Hall–Kier alpha value is -1.78. The molecule has 0 spiro atoms. The fourth-order valence-corrected chi connectivity index (χ4v) is 2.03. The SMILES string of the molecule is C[C@H]1[C@H](C)Nc2cccnc2[C@@H]1NC(=O)O. The minimum Gasteiger partial charge on any atom is -0.465 e. The maximum absolute atomic E-state index is 10.8. The lowest BCUT2D eigenvalue weighted by atomic mass is 9.87. The molecule has 0 fully saturated rings. The third kappa shape index (κ3) is 1.80. The van der Waals surface area contributed by atoms with Gasteiger partial charge in [0.05, 0.1) is 17.4 Å². The standard InChI is InChI=1S/C11H15N3O2/c1-6-7(2)13-8-4-3-5-12-10(8)9(6)14-11(15)16/h3-7,9,13-14H,1-2H3,(H,15,16)/t6-,7-,9+/m0/s1. The number of fused-ring (bicyclic) bond motifs is 1. The van der Waals surface area contributed by atoms with Crippen LogP contribution in [0.15, 0.2) is 18.3 Å². The molecule has 1 aliphatic rings. The Morgan fingerprint density at radius 3 is 3.00 bits per heavy atom. The van der Waals surface area contributed by atoms with Crippen molar-refractivity contribution in [2.75, 3.05) is 5.32 Å². The fourth-order valence-electron chi connectivity index (χ4n) is 2.03. The maximum atomic E-state index is 10.8. The molecule has 0 unspecified atom stereocenters. The molecule has 0 aromatic carbocycles. The molecule has 0 aliphatic carbocycles. The summed E-state index contributed by atoms with van der Waals surface area (Å²) in [4.78, 5) is 15.0. The minimum absolute atomic E-state index is 0.165. The lowest BCUT2D eigenvalue weighted by molar-refractivity contribution is 0.182. The van der Waals surface area contributed by atoms with E-state index in [-0.39, 0.29) is 18.0 Å². The van der Waals surface area contributed by atoms with Crippen LogP contribution in [0.3, 0.4) is 0 Å². The quantitative estimate of drug-likeness (QED) is 0.676. The van der Waals surface area contributed by atoms with Gasteiger partial charge in [0.2, 0.25) is 0 Å². The molecule has 5 heteroatoms. The van der Waals surface area contributed by atoms with Crippen molar-refractivity contribution in [1.82, 2.24) is 10.3 Å². The summed E-state index contributed by atoms with van der Waals surface area (Å²) in [5.41, 5.74) is 1.68. The van der Waals surface area contributed by atoms with Gasteiger partial charge in [-0.05, 0) is 19.1 Å². The molecular formula is C11H15N3O2. The van der Waals surface area contributed by atoms with Crippen LogP contribution in [-0.2, 0) is 0 Å². The van der Waals surface area contributed by atoms with Crippen LogP contribution in [0.5, 0.6) is 0 Å². The summed E-state index contributed by atoms with van der Waals surface area (Å²) >= 11 is 0. The molecule has 2 rings (SSSR count). The van der Waals surface area contributed by atoms with Gasteiger partial charge in [-0.2, -0.15) is 0 Å². The highest BCUT2D eigenvalue weighted by Crippen LogP contribution is 2.34. The summed E-state index contributed by atoms with van der Waals surface area (Å²) in [5.74, 6) is 0.165. The number of carbonyl (C=O) groups is 1. The van der Waals surface area contributed by atoms with Crippen LogP contribution < -0.4 is 10.6 Å². The number of aromatic nitrogens is 1. The van der Waals surface area contributed by atoms with E-state index in [0.717, 1.165) is 11.4 Å². The van der Waals surface area contributed by atoms with Crippen LogP contribution >= 0.6 is 0 Å². The van der Waals surface area contributed by atoms with Gasteiger partial charge in [0, 0.05) is 18.2 Å². The molecule has 2 heterocycles. The average molecular weight is 221 g/mol. The maximum Gasteiger partial charge on any atom is 0.405 e. The zero-order chi connectivity index (χ0) is 11.7. The van der Waals surface area contributed by atoms with Gasteiger partial charge >= 0.3 is 6.09 Å². The average Bonchev–Trinajstić information content (AvgIpc) is 2.24. The van der Waals surface area contributed by atoms with E-state index in [0.29, 0.717) is 0 Å². The Morgan fingerprint density at radius 2 is 2.31 bits per heavy atom. The third-order valence-corrected chi connectivity index (χ3v) is 3.11. The fraction of sp³-hybridized carbons (Fsp3) is 0.455. The van der Waals surface area contributed by atoms with E-state index in [1.165, 1.54) is 0 Å². The van der Waals surface area contributed by atoms with E-state index in [9.17, 15) is 4.79 Å². The van der Waals surface area contributed by atoms with Crippen molar-refractivity contribution in [2.45, 2.75) is 25.9 Å². The van der Waals surface area contributed by atoms with Gasteiger partial charge in [0.15, 0.2) is 0 Å². The first kappa shape index (κ1) is 10.7. The van der Waals surface area contributed by atoms with Gasteiger partial charge in [-0.15, -0.1) is 0 Å². The van der Waals surface area contributed by atoms with E-state index in [4.69, 9.17) is 5.11 Å². The van der Waals surface area contributed by atoms with E-state index in [1.54, 1.807) is 6.20 Å². The molecule has 1 aliphatic heterocycles. The number of pyridine rings is 1. The molecule has 0 saturated carbocycles. The van der Waals surface area contributed by atoms with Gasteiger partial charge in [-0.3, -0.25) is 4.98 Å². The minimum atomic E-state index is -1.01. The van der Waals surface area contributed by atoms with Crippen LogP contribution in [0.1, 0.15) is 25.6 Å². The molecule has 1 aromatic rings. The Balaban J connectivity index is 2.37. The number of nitrogens with zero attached hydrogens (tertiary/aromatic N) is 1. The van der Waals surface area contributed by atoms with Crippen molar-refractivity contribution in [2.24, 2.45) is 5.92 Å². The van der Waals surface area contributed by atoms with Gasteiger partial charge in [-0.25, -0.2) is 4.79 Å². The number of anilines is 1. The molecule has 1 aromatic heterocycles. The Labute approximate surface area is 93.9 Å². The molecule has 0 saturated heterocycles. The summed E-state index contributed by atoms with van der Waals surface area (Å²) < 4.78 is 0. The second-order valence-electron chi connectivity index (χ2n) is 4.16. The lowest BCUT2D eigenvalue weighted by Gasteiger charge is -2.36. The summed E-state index contributed by atoms with van der Waals surface area (Å²) in [6.07, 6.45) is 0.669. The van der Waals surface area contributed by atoms with E-state index in [2.05, 4.69) is 15.6 Å². The Bertz CT molecular complexity index is 408. The van der Waals surface area contributed by atoms with Crippen LogP contribution in [0.25, 0.3) is 0 Å². The third-order valence-electron chi connectivity index (χ3n) is 3.11. The van der Waals surface area contributed by atoms with Crippen molar-refractivity contribution in [3.05, 3.63) is 24.0 Å². The molecule has 0 bridgehead atoms. The normalized spacial score (nSPS) is 27.8. The van der Waals surface area contributed by atoms with Gasteiger partial charge in [0.25, 0.3) is 0 Å². The van der Waals surface area contributed by atoms with Crippen molar-refractivity contribution < 1.29 is 9.90 Å². The van der Waals surface area contributed by atoms with Gasteiger partial charge in [-0.1, -0.05) is 6.92 Å². The molecule has 3 atom stereocenters. The number of carboxylic acid groups (broad SMARTS) is 1. The van der Waals surface area contributed by atoms with Crippen molar-refractivity contribution in [3.63, 3.8) is 0 Å². The number of hydrogen-bond acceptors (Lipinski definition) is 3. The molecule has 16 heavy (non-hydrogen) atoms. The van der Waals surface area contributed by atoms with Crippen molar-refractivity contribution in [3.8, 4) is 0 Å². The van der Waals surface area contributed by atoms with Gasteiger partial charge < -0.3 is 15.7 Å². The topological polar surface area (TPSA) is 74.2 Å². The van der Waals surface area contributed by atoms with Crippen molar-refractivity contribution >= 4 is 11.8 Å². The van der Waals surface area contributed by atoms with Crippen LogP contribution in [0, 0.1) is 5.92 Å². The Kier molecular flexibility index (Phi) is 2.68. The highest BCUT2D eigenvalue weighted by molar-refractivity contribution is 5.66. The molecule has 1 amide bonds. The number of rotatable bonds is 1. The number of hydrogen-bond donors (Lipinski definition) is 3. The molecule has 5 nitrogen and oxygen atoms in total. The lowest BCUT2D eigenvalue weighted by Crippen LogP contribution is -2.42. The highest BCUT2D eigenvalue weighted by atomic mass is 16.4. The zero-order valence-corrected chi connectivity index (χ0v) is 9.27. The highest BCUT2D eigenvalue weighted by Gasteiger charge is 2.33. The van der Waals surface area contributed by atoms with E-state index < -0.39 is 6.09 Å². The number of amides is 1. The van der Waals surface area contributed by atoms with E-state index in [1.807, 2.05) is 26.0 Å². The summed E-state index contributed by atoms with van der Waals surface area (Å²) in [5, 5.41) is 14.7. The first-order chi connectivity index (χ1) is 7.59. The summed E-state index contributed by atoms with van der Waals surface area (Å²) in [6.45, 7) is 4.05. The second-order valence-corrected chi connectivity index (χ2v) is 4.16. The first-order valence-corrected chi connectivity index (χ1v) is 5.30.